The Kier molecular flexibility index (Phi) is 3.13. The number of aliphatic hydroxyl groups is 1. The van der Waals surface area contributed by atoms with E-state index in [-0.39, 0.29) is 18.8 Å². The predicted molar refractivity (Wildman–Crippen MR) is 41.9 cm³/mol. The van der Waals surface area contributed by atoms with Gasteiger partial charge < -0.3 is 10.4 Å². The molecule has 2 N–H and O–H groups in total. The molecule has 0 heterocycles. The summed E-state index contributed by atoms with van der Waals surface area (Å²) in [4.78, 5) is 0. The molecule has 0 atom stereocenters. The van der Waals surface area contributed by atoms with Crippen LogP contribution in [0.3, 0.4) is 0 Å². The molecule has 72 valence electrons. The quantitative estimate of drug-likeness (QED) is 0.710. The fourth-order valence-corrected chi connectivity index (χ4v) is 0.849. The summed E-state index contributed by atoms with van der Waals surface area (Å²) in [6.45, 7) is -0.125. The molecule has 13 heavy (non-hydrogen) atoms. The molecule has 0 spiro atoms. The zero-order valence-electron chi connectivity index (χ0n) is 6.65. The van der Waals surface area contributed by atoms with Crippen molar-refractivity contribution in [3.63, 3.8) is 0 Å². The van der Waals surface area contributed by atoms with Gasteiger partial charge in [-0.25, -0.2) is 13.2 Å². The molecule has 0 fully saturated rings. The third-order valence-corrected chi connectivity index (χ3v) is 1.44. The monoisotopic (exact) mass is 191 g/mol. The van der Waals surface area contributed by atoms with E-state index in [1.165, 1.54) is 0 Å². The molecule has 0 unspecified atom stereocenters. The molecule has 0 saturated carbocycles. The van der Waals surface area contributed by atoms with Crippen molar-refractivity contribution >= 4 is 5.69 Å². The van der Waals surface area contributed by atoms with Crippen LogP contribution in [0.1, 0.15) is 0 Å². The van der Waals surface area contributed by atoms with Crippen LogP contribution in [0.5, 0.6) is 0 Å². The highest BCUT2D eigenvalue weighted by Crippen LogP contribution is 2.17. The number of nitrogens with one attached hydrogen (secondary N) is 1. The Hall–Kier alpha value is -1.23. The molecule has 2 nitrogen and oxygen atoms in total. The lowest BCUT2D eigenvalue weighted by Gasteiger charge is -2.05. The maximum atomic E-state index is 12.8. The maximum Gasteiger partial charge on any atom is 0.161 e. The third kappa shape index (κ3) is 2.35. The number of halogens is 3. The van der Waals surface area contributed by atoms with E-state index in [1.54, 1.807) is 0 Å². The lowest BCUT2D eigenvalue weighted by molar-refractivity contribution is 0.311. The van der Waals surface area contributed by atoms with E-state index in [0.29, 0.717) is 12.1 Å². The van der Waals surface area contributed by atoms with E-state index in [9.17, 15) is 13.2 Å². The van der Waals surface area contributed by atoms with Gasteiger partial charge in [-0.15, -0.1) is 0 Å². The summed E-state index contributed by atoms with van der Waals surface area (Å²) in [7, 11) is 0. The van der Waals surface area contributed by atoms with Crippen molar-refractivity contribution < 1.29 is 18.3 Å². The largest absolute Gasteiger partial charge is 0.395 e. The third-order valence-electron chi connectivity index (χ3n) is 1.44. The molecule has 0 radical (unpaired) electrons. The Morgan fingerprint density at radius 1 is 1.08 bits per heavy atom. The number of hydrogen-bond donors (Lipinski definition) is 2. The summed E-state index contributed by atoms with van der Waals surface area (Å²) in [5.74, 6) is -3.23. The highest BCUT2D eigenvalue weighted by Gasteiger charge is 2.08. The van der Waals surface area contributed by atoms with Gasteiger partial charge >= 0.3 is 0 Å². The van der Waals surface area contributed by atoms with Crippen LogP contribution in [0.15, 0.2) is 12.1 Å². The first-order valence-corrected chi connectivity index (χ1v) is 3.64. The van der Waals surface area contributed by atoms with E-state index in [0.717, 1.165) is 0 Å². The molecule has 1 rings (SSSR count). The molecule has 0 saturated heterocycles. The van der Waals surface area contributed by atoms with Crippen LogP contribution in [0, 0.1) is 17.5 Å². The first-order valence-electron chi connectivity index (χ1n) is 3.64. The van der Waals surface area contributed by atoms with Crippen LogP contribution in [0.4, 0.5) is 18.9 Å². The van der Waals surface area contributed by atoms with Crippen LogP contribution in [-0.2, 0) is 0 Å². The summed E-state index contributed by atoms with van der Waals surface area (Å²) < 4.78 is 37.7. The minimum Gasteiger partial charge on any atom is -0.395 e. The SMILES string of the molecule is OCCNc1cc(F)c(F)cc1F. The van der Waals surface area contributed by atoms with Crippen molar-refractivity contribution in [1.82, 2.24) is 0 Å². The van der Waals surface area contributed by atoms with Gasteiger partial charge in [0.15, 0.2) is 11.6 Å². The minimum absolute atomic E-state index is 0.0853. The topological polar surface area (TPSA) is 32.3 Å². The zero-order chi connectivity index (χ0) is 9.84. The number of aliphatic hydroxyl groups excluding tert-OH is 1. The van der Waals surface area contributed by atoms with Gasteiger partial charge in [-0.1, -0.05) is 0 Å². The predicted octanol–water partition coefficient (Wildman–Crippen LogP) is 1.51. The molecule has 0 aliphatic carbocycles. The van der Waals surface area contributed by atoms with Crippen molar-refractivity contribution in [2.75, 3.05) is 18.5 Å². The molecule has 5 heteroatoms. The summed E-state index contributed by atoms with van der Waals surface area (Å²) in [5.41, 5.74) is -0.159. The average molecular weight is 191 g/mol. The lowest BCUT2D eigenvalue weighted by atomic mass is 10.3. The Balaban J connectivity index is 2.88. The first kappa shape index (κ1) is 9.85. The van der Waals surface area contributed by atoms with Gasteiger partial charge in [-0.3, -0.25) is 0 Å². The van der Waals surface area contributed by atoms with E-state index in [1.807, 2.05) is 0 Å². The molecule has 0 amide bonds. The van der Waals surface area contributed by atoms with Crippen LogP contribution >= 0.6 is 0 Å². The standard InChI is InChI=1S/C8H8F3NO/c9-5-3-7(11)8(4-6(5)10)12-1-2-13/h3-4,12-13H,1-2H2. The summed E-state index contributed by atoms with van der Waals surface area (Å²) in [6.07, 6.45) is 0. The van der Waals surface area contributed by atoms with Crippen LogP contribution in [-0.4, -0.2) is 18.3 Å². The molecule has 0 aliphatic heterocycles. The molecule has 1 aromatic carbocycles. The van der Waals surface area contributed by atoms with Gasteiger partial charge in [-0.05, 0) is 0 Å². The van der Waals surface area contributed by atoms with Crippen molar-refractivity contribution in [2.45, 2.75) is 0 Å². The number of rotatable bonds is 3. The summed E-state index contributed by atoms with van der Waals surface area (Å²) in [5, 5.41) is 10.8. The Morgan fingerprint density at radius 2 is 1.69 bits per heavy atom. The second-order valence-electron chi connectivity index (χ2n) is 2.40. The van der Waals surface area contributed by atoms with E-state index in [2.05, 4.69) is 5.32 Å². The smallest absolute Gasteiger partial charge is 0.161 e. The van der Waals surface area contributed by atoms with Gasteiger partial charge in [0.05, 0.1) is 12.3 Å². The number of anilines is 1. The Bertz CT molecular complexity index is 304. The van der Waals surface area contributed by atoms with Crippen molar-refractivity contribution in [3.8, 4) is 0 Å². The Morgan fingerprint density at radius 3 is 2.31 bits per heavy atom. The van der Waals surface area contributed by atoms with E-state index in [4.69, 9.17) is 5.11 Å². The summed E-state index contributed by atoms with van der Waals surface area (Å²) >= 11 is 0. The normalized spacial score (nSPS) is 10.2. The van der Waals surface area contributed by atoms with Crippen molar-refractivity contribution in [3.05, 3.63) is 29.6 Å². The molecule has 1 aromatic rings. The highest BCUT2D eigenvalue weighted by molar-refractivity contribution is 5.45. The van der Waals surface area contributed by atoms with Crippen LogP contribution < -0.4 is 5.32 Å². The van der Waals surface area contributed by atoms with Crippen molar-refractivity contribution in [2.24, 2.45) is 0 Å². The first-order chi connectivity index (χ1) is 6.15. The van der Waals surface area contributed by atoms with E-state index < -0.39 is 17.5 Å². The average Bonchev–Trinajstić information content (AvgIpc) is 2.09. The highest BCUT2D eigenvalue weighted by atomic mass is 19.2. The second-order valence-corrected chi connectivity index (χ2v) is 2.40. The Labute approximate surface area is 73.0 Å². The van der Waals surface area contributed by atoms with Gasteiger partial charge in [0.25, 0.3) is 0 Å². The van der Waals surface area contributed by atoms with E-state index >= 15 is 0 Å². The zero-order valence-corrected chi connectivity index (χ0v) is 6.65. The molecule has 0 aromatic heterocycles. The fourth-order valence-electron chi connectivity index (χ4n) is 0.849. The maximum absolute atomic E-state index is 12.8. The fraction of sp³-hybridized carbons (Fsp3) is 0.250. The van der Waals surface area contributed by atoms with Gasteiger partial charge in [0.1, 0.15) is 5.82 Å². The summed E-state index contributed by atoms with van der Waals surface area (Å²) in [6, 6.07) is 1.16. The second kappa shape index (κ2) is 4.13. The number of benzene rings is 1. The molecular formula is C8H8F3NO. The number of hydrogen-bond acceptors (Lipinski definition) is 2. The van der Waals surface area contributed by atoms with Crippen LogP contribution in [0.2, 0.25) is 0 Å². The van der Waals surface area contributed by atoms with Gasteiger partial charge in [0, 0.05) is 18.7 Å². The molecule has 0 bridgehead atoms. The van der Waals surface area contributed by atoms with Crippen molar-refractivity contribution in [1.29, 1.82) is 0 Å². The lowest BCUT2D eigenvalue weighted by Crippen LogP contribution is -2.07. The van der Waals surface area contributed by atoms with Gasteiger partial charge in [0.2, 0.25) is 0 Å². The minimum atomic E-state index is -1.23. The molecule has 0 aliphatic rings. The van der Waals surface area contributed by atoms with Crippen LogP contribution in [0.25, 0.3) is 0 Å². The van der Waals surface area contributed by atoms with Gasteiger partial charge in [-0.2, -0.15) is 0 Å². The molecular weight excluding hydrogens is 183 g/mol.